The number of nitroso groups, excluding NO2 is 1. The Morgan fingerprint density at radius 2 is 1.67 bits per heavy atom. The van der Waals surface area contributed by atoms with E-state index in [-0.39, 0.29) is 6.61 Å². The van der Waals surface area contributed by atoms with Crippen molar-refractivity contribution < 1.29 is 9.59 Å². The monoisotopic (exact) mass is 134 g/mol. The van der Waals surface area contributed by atoms with E-state index in [1.54, 1.807) is 0 Å². The zero-order valence-corrected chi connectivity index (χ0v) is 6.16. The summed E-state index contributed by atoms with van der Waals surface area (Å²) in [5.74, 6) is 0. The molecule has 0 rings (SSSR count). The number of likely N-dealkylation sites (N-methyl/N-ethyl adjacent to an activating group) is 1. The molecule has 0 bridgehead atoms. The van der Waals surface area contributed by atoms with Gasteiger partial charge in [-0.3, -0.25) is 0 Å². The van der Waals surface area contributed by atoms with Crippen LogP contribution in [0.25, 0.3) is 0 Å². The van der Waals surface area contributed by atoms with Gasteiger partial charge in [-0.05, 0) is 0 Å². The molecular weight excluding hydrogens is 120 g/mol. The fourth-order valence-corrected chi connectivity index (χ4v) is 0.300. The van der Waals surface area contributed by atoms with Crippen LogP contribution < -0.4 is 5.59 Å². The van der Waals surface area contributed by atoms with E-state index in [1.165, 1.54) is 0 Å². The lowest BCUT2D eigenvalue weighted by molar-refractivity contribution is -0.870. The third-order valence-corrected chi connectivity index (χ3v) is 0.771. The Morgan fingerprint density at radius 1 is 1.33 bits per heavy atom. The molecule has 0 heterocycles. The molecule has 0 aliphatic heterocycles. The van der Waals surface area contributed by atoms with E-state index in [0.717, 1.165) is 11.0 Å². The Hall–Kier alpha value is -0.480. The molecule has 4 nitrogen and oxygen atoms in total. The Morgan fingerprint density at radius 3 is 1.67 bits per heavy atom. The van der Waals surface area contributed by atoms with Gasteiger partial charge in [-0.25, -0.2) is 0 Å². The minimum absolute atomic E-state index is 0.281. The van der Waals surface area contributed by atoms with Gasteiger partial charge in [-0.15, -0.1) is 4.91 Å². The maximum absolute atomic E-state index is 8.39. The quantitative estimate of drug-likeness (QED) is 0.504. The van der Waals surface area contributed by atoms with Gasteiger partial charge in [0.15, 0.2) is 0 Å². The molecule has 0 aromatic carbocycles. The largest absolute Gasteiger partial charge is 0.391 e. The molecule has 9 heavy (non-hydrogen) atoms. The Bertz CT molecular complexity index is 60.5. The number of hydrogen-bond donors (Lipinski definition) is 1. The van der Waals surface area contributed by atoms with Crippen LogP contribution in [0.3, 0.4) is 0 Å². The van der Waals surface area contributed by atoms with Crippen molar-refractivity contribution in [3.63, 3.8) is 0 Å². The van der Waals surface area contributed by atoms with E-state index >= 15 is 0 Å². The van der Waals surface area contributed by atoms with Crippen LogP contribution in [0.5, 0.6) is 0 Å². The maximum Gasteiger partial charge on any atom is 0.120 e. The van der Waals surface area contributed by atoms with E-state index in [4.69, 9.17) is 15.6 Å². The average Bonchev–Trinajstić information content (AvgIpc) is 1.69. The number of rotatable bonds is 2. The lowest BCUT2D eigenvalue weighted by Crippen LogP contribution is -2.36. The van der Waals surface area contributed by atoms with Crippen LogP contribution in [-0.4, -0.2) is 43.9 Å². The SMILES string of the molecule is C[N+](C)(C)CCO.[N]=O. The number of nitrogens with zero attached hydrogens (tertiary/aromatic N) is 2. The van der Waals surface area contributed by atoms with Gasteiger partial charge in [0.1, 0.15) is 12.1 Å². The summed E-state index contributed by atoms with van der Waals surface area (Å²) in [6.45, 7) is 1.11. The zero-order chi connectivity index (χ0) is 7.91. The average molecular weight is 134 g/mol. The second-order valence-electron chi connectivity index (χ2n) is 2.74. The second-order valence-corrected chi connectivity index (χ2v) is 2.74. The highest BCUT2D eigenvalue weighted by Crippen LogP contribution is 1.84. The van der Waals surface area contributed by atoms with Crippen LogP contribution in [0.1, 0.15) is 0 Å². The van der Waals surface area contributed by atoms with Crippen molar-refractivity contribution in [1.82, 2.24) is 5.59 Å². The molecule has 0 fully saturated rings. The third kappa shape index (κ3) is 18.5. The number of aliphatic hydroxyl groups is 1. The second kappa shape index (κ2) is 5.65. The van der Waals surface area contributed by atoms with Crippen molar-refractivity contribution in [3.05, 3.63) is 4.91 Å². The number of quaternary nitrogens is 1. The summed E-state index contributed by atoms with van der Waals surface area (Å²) in [5, 5.41) is 8.39. The van der Waals surface area contributed by atoms with Crippen LogP contribution >= 0.6 is 0 Å². The standard InChI is InChI=1S/C5H14NO.NO/c1-6(2,3)4-5-7;1-2/h7H,4-5H2,1-3H3;/q+1;. The zero-order valence-electron chi connectivity index (χ0n) is 6.16. The van der Waals surface area contributed by atoms with E-state index in [2.05, 4.69) is 21.1 Å². The summed E-state index contributed by atoms with van der Waals surface area (Å²) < 4.78 is 0.844. The van der Waals surface area contributed by atoms with Crippen molar-refractivity contribution in [1.29, 1.82) is 0 Å². The van der Waals surface area contributed by atoms with Crippen molar-refractivity contribution >= 4 is 0 Å². The van der Waals surface area contributed by atoms with E-state index in [1.807, 2.05) is 0 Å². The molecule has 0 saturated carbocycles. The van der Waals surface area contributed by atoms with Crippen LogP contribution in [0.15, 0.2) is 0 Å². The van der Waals surface area contributed by atoms with Crippen molar-refractivity contribution in [2.24, 2.45) is 0 Å². The fraction of sp³-hybridized carbons (Fsp3) is 1.00. The Balaban J connectivity index is 0. The van der Waals surface area contributed by atoms with Crippen molar-refractivity contribution in [3.8, 4) is 0 Å². The molecule has 55 valence electrons. The summed E-state index contributed by atoms with van der Waals surface area (Å²) in [6, 6.07) is 0. The van der Waals surface area contributed by atoms with Crippen LogP contribution in [0.4, 0.5) is 0 Å². The molecule has 0 saturated heterocycles. The molecule has 0 atom stereocenters. The topological polar surface area (TPSA) is 59.6 Å². The van der Waals surface area contributed by atoms with Crippen LogP contribution in [0.2, 0.25) is 0 Å². The van der Waals surface area contributed by atoms with E-state index in [9.17, 15) is 0 Å². The minimum Gasteiger partial charge on any atom is -0.391 e. The number of aliphatic hydroxyl groups excluding tert-OH is 1. The summed E-state index contributed by atoms with van der Waals surface area (Å²) in [4.78, 5) is 7.25. The van der Waals surface area contributed by atoms with Gasteiger partial charge in [-0.1, -0.05) is 0 Å². The smallest absolute Gasteiger partial charge is 0.120 e. The summed E-state index contributed by atoms with van der Waals surface area (Å²) in [6.07, 6.45) is 0. The van der Waals surface area contributed by atoms with E-state index < -0.39 is 0 Å². The third-order valence-electron chi connectivity index (χ3n) is 0.771. The number of hydrogen-bond acceptors (Lipinski definition) is 2. The Kier molecular flexibility index (Phi) is 7.12. The lowest BCUT2D eigenvalue weighted by atomic mass is 10.5. The Labute approximate surface area is 55.5 Å². The highest BCUT2D eigenvalue weighted by Gasteiger charge is 2.02. The first-order chi connectivity index (χ1) is 4.06. The molecule has 4 heteroatoms. The molecule has 0 aliphatic carbocycles. The summed E-state index contributed by atoms with van der Waals surface area (Å²) in [7, 11) is 6.16. The van der Waals surface area contributed by atoms with Crippen LogP contribution in [-0.2, 0) is 0 Å². The van der Waals surface area contributed by atoms with Gasteiger partial charge in [0.2, 0.25) is 0 Å². The normalized spacial score (nSPS) is 9.78. The highest BCUT2D eigenvalue weighted by molar-refractivity contribution is 4.19. The molecule has 1 N–H and O–H groups in total. The molecule has 0 aromatic rings. The van der Waals surface area contributed by atoms with Gasteiger partial charge >= 0.3 is 0 Å². The lowest BCUT2D eigenvalue weighted by Gasteiger charge is -2.21. The van der Waals surface area contributed by atoms with Gasteiger partial charge in [0.25, 0.3) is 0 Å². The first-order valence-corrected chi connectivity index (χ1v) is 2.66. The molecule has 0 unspecified atom stereocenters. The van der Waals surface area contributed by atoms with Gasteiger partial charge in [0.05, 0.1) is 27.7 Å². The highest BCUT2D eigenvalue weighted by atomic mass is 16.3. The van der Waals surface area contributed by atoms with Gasteiger partial charge in [-0.2, -0.15) is 0 Å². The molecule has 0 amide bonds. The predicted molar refractivity (Wildman–Crippen MR) is 35.5 cm³/mol. The first kappa shape index (κ1) is 11.3. The van der Waals surface area contributed by atoms with Crippen molar-refractivity contribution in [2.45, 2.75) is 0 Å². The fourth-order valence-electron chi connectivity index (χ4n) is 0.300. The van der Waals surface area contributed by atoms with Crippen LogP contribution in [0, 0.1) is 4.91 Å². The van der Waals surface area contributed by atoms with Gasteiger partial charge in [0, 0.05) is 0 Å². The molecule has 0 aromatic heterocycles. The van der Waals surface area contributed by atoms with E-state index in [0.29, 0.717) is 0 Å². The molecule has 0 aliphatic rings. The minimum atomic E-state index is 0.281. The summed E-state index contributed by atoms with van der Waals surface area (Å²) >= 11 is 0. The first-order valence-electron chi connectivity index (χ1n) is 2.66. The summed E-state index contributed by atoms with van der Waals surface area (Å²) in [5.41, 5.74) is 5.75. The predicted octanol–water partition coefficient (Wildman–Crippen LogP) is -0.762. The van der Waals surface area contributed by atoms with Crippen molar-refractivity contribution in [2.75, 3.05) is 34.3 Å². The van der Waals surface area contributed by atoms with Gasteiger partial charge < -0.3 is 9.59 Å². The molecule has 0 spiro atoms. The molecular formula is C5H14N2O2+. The maximum atomic E-state index is 8.39. The molecule has 1 radical (unpaired) electrons.